The van der Waals surface area contributed by atoms with Crippen LogP contribution in [-0.4, -0.2) is 24.5 Å². The molecule has 1 aromatic carbocycles. The number of imidazole rings is 1. The first-order valence-corrected chi connectivity index (χ1v) is 6.19. The lowest BCUT2D eigenvalue weighted by Crippen LogP contribution is -2.11. The normalized spacial score (nSPS) is 10.5. The Morgan fingerprint density at radius 1 is 1.19 bits per heavy atom. The number of nitrogens with two attached hydrogens (primary N) is 1. The third-order valence-electron chi connectivity index (χ3n) is 2.77. The summed E-state index contributed by atoms with van der Waals surface area (Å²) in [5, 5.41) is 2.93. The summed E-state index contributed by atoms with van der Waals surface area (Å²) in [6.07, 6.45) is 4.84. The average Bonchev–Trinajstić information content (AvgIpc) is 3.00. The lowest BCUT2D eigenvalue weighted by molar-refractivity contribution is 0.612. The van der Waals surface area contributed by atoms with Gasteiger partial charge in [0.15, 0.2) is 0 Å². The number of nitrogens with one attached hydrogen (secondary N) is 1. The summed E-state index contributed by atoms with van der Waals surface area (Å²) in [7, 11) is 0. The van der Waals surface area contributed by atoms with Crippen molar-refractivity contribution < 1.29 is 4.39 Å². The summed E-state index contributed by atoms with van der Waals surface area (Å²) in [4.78, 5) is 16.1. The summed E-state index contributed by atoms with van der Waals surface area (Å²) in [5.74, 6) is 0.400. The number of halogens is 1. The van der Waals surface area contributed by atoms with E-state index in [0.717, 1.165) is 0 Å². The molecule has 0 aliphatic heterocycles. The first-order chi connectivity index (χ1) is 10.2. The van der Waals surface area contributed by atoms with Gasteiger partial charge in [-0.1, -0.05) is 18.2 Å². The molecule has 0 aliphatic carbocycles. The SMILES string of the molecule is Nc1nc(NCc2ccccc2F)nc(-n2ccnc2)n1. The van der Waals surface area contributed by atoms with Gasteiger partial charge in [0.25, 0.3) is 0 Å². The monoisotopic (exact) mass is 285 g/mol. The van der Waals surface area contributed by atoms with Crippen molar-refractivity contribution in [3.63, 3.8) is 0 Å². The van der Waals surface area contributed by atoms with Crippen LogP contribution in [0.4, 0.5) is 16.3 Å². The van der Waals surface area contributed by atoms with E-state index >= 15 is 0 Å². The van der Waals surface area contributed by atoms with Gasteiger partial charge >= 0.3 is 0 Å². The molecule has 3 N–H and O–H groups in total. The Hall–Kier alpha value is -3.03. The van der Waals surface area contributed by atoms with Gasteiger partial charge in [-0.15, -0.1) is 0 Å². The molecule has 0 bridgehead atoms. The molecule has 0 saturated carbocycles. The van der Waals surface area contributed by atoms with Crippen molar-refractivity contribution in [3.05, 3.63) is 54.4 Å². The highest BCUT2D eigenvalue weighted by atomic mass is 19.1. The molecule has 3 rings (SSSR count). The maximum Gasteiger partial charge on any atom is 0.241 e. The molecule has 0 spiro atoms. The van der Waals surface area contributed by atoms with E-state index in [1.54, 1.807) is 41.5 Å². The second-order valence-corrected chi connectivity index (χ2v) is 4.23. The first-order valence-electron chi connectivity index (χ1n) is 6.19. The number of hydrogen-bond acceptors (Lipinski definition) is 6. The van der Waals surface area contributed by atoms with Crippen LogP contribution in [0.25, 0.3) is 5.95 Å². The van der Waals surface area contributed by atoms with Crippen LogP contribution < -0.4 is 11.1 Å². The van der Waals surface area contributed by atoms with E-state index in [1.807, 2.05) is 0 Å². The highest BCUT2D eigenvalue weighted by Gasteiger charge is 2.07. The lowest BCUT2D eigenvalue weighted by Gasteiger charge is -2.08. The number of rotatable bonds is 4. The maximum absolute atomic E-state index is 13.5. The molecule has 0 unspecified atom stereocenters. The van der Waals surface area contributed by atoms with Crippen LogP contribution >= 0.6 is 0 Å². The van der Waals surface area contributed by atoms with Gasteiger partial charge in [0.05, 0.1) is 0 Å². The highest BCUT2D eigenvalue weighted by molar-refractivity contribution is 5.36. The maximum atomic E-state index is 13.5. The molecular formula is C13H12FN7. The van der Waals surface area contributed by atoms with E-state index in [9.17, 15) is 4.39 Å². The number of nitrogen functional groups attached to an aromatic ring is 1. The Balaban J connectivity index is 1.81. The lowest BCUT2D eigenvalue weighted by atomic mass is 10.2. The molecule has 0 atom stereocenters. The molecule has 8 heteroatoms. The van der Waals surface area contributed by atoms with Gasteiger partial charge in [0.1, 0.15) is 12.1 Å². The summed E-state index contributed by atoms with van der Waals surface area (Å²) >= 11 is 0. The van der Waals surface area contributed by atoms with Gasteiger partial charge in [0.2, 0.25) is 17.8 Å². The molecule has 0 radical (unpaired) electrons. The van der Waals surface area contributed by atoms with Crippen LogP contribution in [0, 0.1) is 5.82 Å². The average molecular weight is 285 g/mol. The minimum atomic E-state index is -0.290. The largest absolute Gasteiger partial charge is 0.368 e. The fraction of sp³-hybridized carbons (Fsp3) is 0.0769. The standard InChI is InChI=1S/C13H12FN7/c14-10-4-2-1-3-9(10)7-17-12-18-11(15)19-13(20-12)21-6-5-16-8-21/h1-6,8H,7H2,(H3,15,17,18,19,20). The zero-order valence-corrected chi connectivity index (χ0v) is 10.9. The van der Waals surface area contributed by atoms with Gasteiger partial charge in [-0.25, -0.2) is 9.37 Å². The van der Waals surface area contributed by atoms with Crippen molar-refractivity contribution in [2.75, 3.05) is 11.1 Å². The highest BCUT2D eigenvalue weighted by Crippen LogP contribution is 2.10. The Labute approximate surface area is 119 Å². The molecule has 0 fully saturated rings. The van der Waals surface area contributed by atoms with Crippen LogP contribution in [-0.2, 0) is 6.54 Å². The summed E-state index contributed by atoms with van der Waals surface area (Å²) in [6.45, 7) is 0.249. The van der Waals surface area contributed by atoms with Crippen molar-refractivity contribution in [3.8, 4) is 5.95 Å². The Morgan fingerprint density at radius 3 is 2.81 bits per heavy atom. The van der Waals surface area contributed by atoms with E-state index in [1.165, 1.54) is 6.07 Å². The fourth-order valence-electron chi connectivity index (χ4n) is 1.77. The fourth-order valence-corrected chi connectivity index (χ4v) is 1.77. The Kier molecular flexibility index (Phi) is 3.42. The van der Waals surface area contributed by atoms with E-state index in [4.69, 9.17) is 5.73 Å². The predicted octanol–water partition coefficient (Wildman–Crippen LogP) is 1.39. The summed E-state index contributed by atoms with van der Waals surface area (Å²) < 4.78 is 15.1. The molecular weight excluding hydrogens is 273 g/mol. The zero-order chi connectivity index (χ0) is 14.7. The van der Waals surface area contributed by atoms with E-state index in [-0.39, 0.29) is 24.3 Å². The van der Waals surface area contributed by atoms with Crippen molar-refractivity contribution in [2.24, 2.45) is 0 Å². The van der Waals surface area contributed by atoms with Crippen molar-refractivity contribution in [1.82, 2.24) is 24.5 Å². The minimum Gasteiger partial charge on any atom is -0.368 e. The van der Waals surface area contributed by atoms with E-state index in [2.05, 4.69) is 25.3 Å². The summed E-state index contributed by atoms with van der Waals surface area (Å²) in [6, 6.07) is 6.48. The Morgan fingerprint density at radius 2 is 2.05 bits per heavy atom. The molecule has 2 heterocycles. The van der Waals surface area contributed by atoms with E-state index in [0.29, 0.717) is 11.5 Å². The second kappa shape index (κ2) is 5.53. The number of hydrogen-bond donors (Lipinski definition) is 2. The van der Waals surface area contributed by atoms with Crippen LogP contribution in [0.3, 0.4) is 0 Å². The molecule has 21 heavy (non-hydrogen) atoms. The number of nitrogens with zero attached hydrogens (tertiary/aromatic N) is 5. The van der Waals surface area contributed by atoms with Gasteiger partial charge in [-0.05, 0) is 6.07 Å². The minimum absolute atomic E-state index is 0.0738. The Bertz CT molecular complexity index is 742. The molecule has 0 aliphatic rings. The van der Waals surface area contributed by atoms with Crippen molar-refractivity contribution >= 4 is 11.9 Å². The molecule has 0 saturated heterocycles. The van der Waals surface area contributed by atoms with Crippen LogP contribution in [0.5, 0.6) is 0 Å². The second-order valence-electron chi connectivity index (χ2n) is 4.23. The van der Waals surface area contributed by atoms with Crippen LogP contribution in [0.2, 0.25) is 0 Å². The number of anilines is 2. The van der Waals surface area contributed by atoms with Crippen LogP contribution in [0.15, 0.2) is 43.0 Å². The van der Waals surface area contributed by atoms with Gasteiger partial charge in [-0.3, -0.25) is 4.57 Å². The van der Waals surface area contributed by atoms with E-state index < -0.39 is 0 Å². The summed E-state index contributed by atoms with van der Waals surface area (Å²) in [5.41, 5.74) is 6.17. The van der Waals surface area contributed by atoms with Gasteiger partial charge in [-0.2, -0.15) is 15.0 Å². The zero-order valence-electron chi connectivity index (χ0n) is 10.9. The number of benzene rings is 1. The van der Waals surface area contributed by atoms with Crippen molar-refractivity contribution in [2.45, 2.75) is 6.54 Å². The van der Waals surface area contributed by atoms with Crippen LogP contribution in [0.1, 0.15) is 5.56 Å². The molecule has 2 aromatic heterocycles. The molecule has 3 aromatic rings. The first kappa shape index (κ1) is 13.0. The topological polar surface area (TPSA) is 94.5 Å². The molecule has 7 nitrogen and oxygen atoms in total. The molecule has 106 valence electrons. The molecule has 0 amide bonds. The smallest absolute Gasteiger partial charge is 0.241 e. The van der Waals surface area contributed by atoms with Crippen molar-refractivity contribution in [1.29, 1.82) is 0 Å². The van der Waals surface area contributed by atoms with Gasteiger partial charge < -0.3 is 11.1 Å². The predicted molar refractivity (Wildman–Crippen MR) is 75.1 cm³/mol. The quantitative estimate of drug-likeness (QED) is 0.752. The third-order valence-corrected chi connectivity index (χ3v) is 2.77. The number of aromatic nitrogens is 5. The van der Waals surface area contributed by atoms with Gasteiger partial charge in [0, 0.05) is 24.5 Å². The third kappa shape index (κ3) is 2.94.